The summed E-state index contributed by atoms with van der Waals surface area (Å²) in [4.78, 5) is 38.7. The average Bonchev–Trinajstić information content (AvgIpc) is 3.25. The number of para-hydroxylation sites is 1. The molecular weight excluding hydrogens is 422 g/mol. The van der Waals surface area contributed by atoms with E-state index in [9.17, 15) is 19.5 Å². The Labute approximate surface area is 191 Å². The summed E-state index contributed by atoms with van der Waals surface area (Å²) in [5.41, 5.74) is 2.41. The Morgan fingerprint density at radius 2 is 1.45 bits per heavy atom. The fraction of sp³-hybridized carbons (Fsp3) is 0.192. The molecule has 1 fully saturated rings. The number of aliphatic hydroxyl groups excluding tert-OH is 1. The van der Waals surface area contributed by atoms with Gasteiger partial charge in [0.25, 0.3) is 0 Å². The molecule has 0 unspecified atom stereocenters. The summed E-state index contributed by atoms with van der Waals surface area (Å²) in [6.45, 7) is -0.516. The molecule has 1 saturated heterocycles. The van der Waals surface area contributed by atoms with Crippen molar-refractivity contribution < 1.29 is 29.0 Å². The second-order valence-corrected chi connectivity index (χ2v) is 7.71. The topological polar surface area (TPSA) is 93.1 Å². The van der Waals surface area contributed by atoms with E-state index in [1.807, 2.05) is 42.5 Å². The lowest BCUT2D eigenvalue weighted by Crippen LogP contribution is -2.43. The van der Waals surface area contributed by atoms with Crippen molar-refractivity contribution in [3.8, 4) is 16.9 Å². The summed E-state index contributed by atoms with van der Waals surface area (Å²) >= 11 is 0. The van der Waals surface area contributed by atoms with E-state index in [-0.39, 0.29) is 18.7 Å². The van der Waals surface area contributed by atoms with E-state index in [0.717, 1.165) is 16.0 Å². The van der Waals surface area contributed by atoms with Crippen molar-refractivity contribution in [2.45, 2.75) is 18.6 Å². The van der Waals surface area contributed by atoms with Gasteiger partial charge in [-0.15, -0.1) is 0 Å². The number of likely N-dealkylation sites (tertiary alicyclic amines) is 1. The molecular formula is C26H23NO6. The number of ether oxygens (including phenoxy) is 2. The van der Waals surface area contributed by atoms with Crippen LogP contribution >= 0.6 is 0 Å². The molecule has 0 spiro atoms. The van der Waals surface area contributed by atoms with E-state index in [1.165, 1.54) is 0 Å². The van der Waals surface area contributed by atoms with Gasteiger partial charge in [-0.2, -0.15) is 0 Å². The number of ketones is 1. The van der Waals surface area contributed by atoms with E-state index in [1.54, 1.807) is 42.5 Å². The van der Waals surface area contributed by atoms with Crippen LogP contribution in [0.15, 0.2) is 84.9 Å². The van der Waals surface area contributed by atoms with Crippen molar-refractivity contribution in [3.63, 3.8) is 0 Å². The maximum Gasteiger partial charge on any atom is 0.416 e. The van der Waals surface area contributed by atoms with Gasteiger partial charge in [-0.3, -0.25) is 9.69 Å². The van der Waals surface area contributed by atoms with Gasteiger partial charge in [-0.25, -0.2) is 9.59 Å². The molecule has 0 radical (unpaired) electrons. The molecule has 0 aliphatic carbocycles. The Morgan fingerprint density at radius 3 is 2.12 bits per heavy atom. The minimum absolute atomic E-state index is 0.0166. The van der Waals surface area contributed by atoms with Crippen LogP contribution < -0.4 is 4.74 Å². The number of nitrogens with zero attached hydrogens (tertiary/aromatic N) is 1. The molecule has 168 valence electrons. The third kappa shape index (κ3) is 5.45. The molecule has 1 amide bonds. The number of carbonyl (C=O) groups is 3. The van der Waals surface area contributed by atoms with E-state index in [4.69, 9.17) is 9.47 Å². The minimum atomic E-state index is -1.02. The van der Waals surface area contributed by atoms with Gasteiger partial charge in [0.05, 0.1) is 12.6 Å². The number of hydrogen-bond acceptors (Lipinski definition) is 6. The molecule has 7 heteroatoms. The number of hydrogen-bond donors (Lipinski definition) is 1. The van der Waals surface area contributed by atoms with Crippen LogP contribution in [-0.2, 0) is 9.53 Å². The summed E-state index contributed by atoms with van der Waals surface area (Å²) in [7, 11) is 0. The summed E-state index contributed by atoms with van der Waals surface area (Å²) < 4.78 is 10.5. The van der Waals surface area contributed by atoms with E-state index < -0.39 is 30.8 Å². The standard InChI is InChI=1S/C26H23NO6/c28-21-15-23(27(16-21)26(31)33-22-9-5-2-6-10-22)25(30)32-17-24(29)20-13-11-19(12-14-20)18-7-3-1-4-8-18/h1-14,21,23,28H,15-17H2/t21-,23+/m0/s1. The molecule has 3 aromatic carbocycles. The molecule has 3 aromatic rings. The Hall–Kier alpha value is -3.97. The fourth-order valence-electron chi connectivity index (χ4n) is 3.68. The van der Waals surface area contributed by atoms with E-state index in [0.29, 0.717) is 11.3 Å². The molecule has 1 heterocycles. The highest BCUT2D eigenvalue weighted by atomic mass is 16.6. The molecule has 0 bridgehead atoms. The highest BCUT2D eigenvalue weighted by molar-refractivity contribution is 5.98. The van der Waals surface area contributed by atoms with Crippen LogP contribution in [0.5, 0.6) is 5.75 Å². The molecule has 1 N–H and O–H groups in total. The summed E-state index contributed by atoms with van der Waals surface area (Å²) in [6.07, 6.45) is -1.63. The molecule has 0 aromatic heterocycles. The molecule has 1 aliphatic heterocycles. The van der Waals surface area contributed by atoms with Crippen molar-refractivity contribution in [2.24, 2.45) is 0 Å². The first-order valence-corrected chi connectivity index (χ1v) is 10.6. The smallest absolute Gasteiger partial charge is 0.416 e. The largest absolute Gasteiger partial charge is 0.456 e. The van der Waals surface area contributed by atoms with Gasteiger partial charge in [-0.05, 0) is 23.3 Å². The molecule has 33 heavy (non-hydrogen) atoms. The Bertz CT molecular complexity index is 1110. The van der Waals surface area contributed by atoms with Crippen LogP contribution in [0.3, 0.4) is 0 Å². The van der Waals surface area contributed by atoms with Gasteiger partial charge in [0.1, 0.15) is 11.8 Å². The normalized spacial score (nSPS) is 17.4. The second-order valence-electron chi connectivity index (χ2n) is 7.71. The average molecular weight is 445 g/mol. The van der Waals surface area contributed by atoms with Gasteiger partial charge in [-0.1, -0.05) is 72.8 Å². The van der Waals surface area contributed by atoms with Gasteiger partial charge in [0.15, 0.2) is 12.4 Å². The number of carbonyl (C=O) groups excluding carboxylic acids is 3. The first-order chi connectivity index (χ1) is 16.0. The number of amides is 1. The Balaban J connectivity index is 1.35. The maximum atomic E-state index is 12.6. The van der Waals surface area contributed by atoms with Gasteiger partial charge in [0.2, 0.25) is 0 Å². The van der Waals surface area contributed by atoms with Crippen molar-refractivity contribution in [1.82, 2.24) is 4.90 Å². The first-order valence-electron chi connectivity index (χ1n) is 10.6. The maximum absolute atomic E-state index is 12.6. The lowest BCUT2D eigenvalue weighted by molar-refractivity contribution is -0.147. The highest BCUT2D eigenvalue weighted by Gasteiger charge is 2.41. The van der Waals surface area contributed by atoms with Crippen LogP contribution in [0.4, 0.5) is 4.79 Å². The lowest BCUT2D eigenvalue weighted by atomic mass is 10.0. The van der Waals surface area contributed by atoms with Crippen molar-refractivity contribution in [1.29, 1.82) is 0 Å². The molecule has 4 rings (SSSR count). The van der Waals surface area contributed by atoms with Gasteiger partial charge >= 0.3 is 12.1 Å². The molecule has 2 atom stereocenters. The zero-order valence-corrected chi connectivity index (χ0v) is 17.8. The Morgan fingerprint density at radius 1 is 0.848 bits per heavy atom. The summed E-state index contributed by atoms with van der Waals surface area (Å²) in [5, 5.41) is 9.99. The van der Waals surface area contributed by atoms with Crippen molar-refractivity contribution >= 4 is 17.8 Å². The SMILES string of the molecule is O=C(COC(=O)[C@H]1C[C@H](O)CN1C(=O)Oc1ccccc1)c1ccc(-c2ccccc2)cc1. The number of esters is 1. The number of Topliss-reactive ketones (excluding diaryl/α,β-unsaturated/α-hetero) is 1. The van der Waals surface area contributed by atoms with Crippen molar-refractivity contribution in [2.75, 3.05) is 13.2 Å². The highest BCUT2D eigenvalue weighted by Crippen LogP contribution is 2.22. The number of aliphatic hydroxyl groups is 1. The summed E-state index contributed by atoms with van der Waals surface area (Å²) in [5.74, 6) is -0.795. The van der Waals surface area contributed by atoms with Crippen LogP contribution in [0.2, 0.25) is 0 Å². The van der Waals surface area contributed by atoms with E-state index >= 15 is 0 Å². The third-order valence-corrected chi connectivity index (χ3v) is 5.39. The molecule has 0 saturated carbocycles. The lowest BCUT2D eigenvalue weighted by Gasteiger charge is -2.22. The van der Waals surface area contributed by atoms with Crippen LogP contribution in [0, 0.1) is 0 Å². The zero-order valence-electron chi connectivity index (χ0n) is 17.8. The number of β-amino-alcohol motifs (C(OH)–C–C–N with tert-alkyl or cyclic N) is 1. The zero-order chi connectivity index (χ0) is 23.2. The van der Waals surface area contributed by atoms with Crippen LogP contribution in [-0.4, -0.2) is 53.1 Å². The van der Waals surface area contributed by atoms with Gasteiger partial charge < -0.3 is 14.6 Å². The van der Waals surface area contributed by atoms with Gasteiger partial charge in [0, 0.05) is 12.0 Å². The molecule has 1 aliphatic rings. The van der Waals surface area contributed by atoms with Crippen molar-refractivity contribution in [3.05, 3.63) is 90.5 Å². The Kier molecular flexibility index (Phi) is 6.80. The minimum Gasteiger partial charge on any atom is -0.456 e. The molecule has 7 nitrogen and oxygen atoms in total. The third-order valence-electron chi connectivity index (χ3n) is 5.39. The number of rotatable bonds is 6. The second kappa shape index (κ2) is 10.1. The van der Waals surface area contributed by atoms with E-state index in [2.05, 4.69) is 0 Å². The quantitative estimate of drug-likeness (QED) is 0.459. The predicted molar refractivity (Wildman–Crippen MR) is 121 cm³/mol. The first kappa shape index (κ1) is 22.2. The van der Waals surface area contributed by atoms with Crippen LogP contribution in [0.1, 0.15) is 16.8 Å². The predicted octanol–water partition coefficient (Wildman–Crippen LogP) is 3.71. The number of benzene rings is 3. The summed E-state index contributed by atoms with van der Waals surface area (Å²) in [6, 6.07) is 24.2. The monoisotopic (exact) mass is 445 g/mol. The fourth-order valence-corrected chi connectivity index (χ4v) is 3.68. The van der Waals surface area contributed by atoms with Crippen LogP contribution in [0.25, 0.3) is 11.1 Å².